The standard InChI is InChI=1S/C3H6NO2/c1-2-4(6)3-5/h6H,2H2,1H3. The van der Waals surface area contributed by atoms with Gasteiger partial charge in [-0.2, -0.15) is 0 Å². The maximum absolute atomic E-state index is 9.29. The van der Waals surface area contributed by atoms with Gasteiger partial charge in [-0.1, -0.05) is 0 Å². The average Bonchev–Trinajstić information content (AvgIpc) is 1.65. The molecule has 0 heterocycles. The van der Waals surface area contributed by atoms with E-state index in [1.54, 1.807) is 6.92 Å². The van der Waals surface area contributed by atoms with E-state index < -0.39 is 0 Å². The predicted octanol–water partition coefficient (Wildman–Crippen LogP) is -0.235. The van der Waals surface area contributed by atoms with Crippen LogP contribution in [0.25, 0.3) is 0 Å². The first-order valence-corrected chi connectivity index (χ1v) is 1.65. The first-order valence-electron chi connectivity index (χ1n) is 1.65. The van der Waals surface area contributed by atoms with Crippen molar-refractivity contribution in [3.05, 3.63) is 0 Å². The molecule has 1 N–H and O–H groups in total. The highest BCUT2D eigenvalue weighted by molar-refractivity contribution is 5.45. The van der Waals surface area contributed by atoms with Gasteiger partial charge in [-0.3, -0.25) is 10.0 Å². The largest absolute Gasteiger partial charge is 0.337 e. The van der Waals surface area contributed by atoms with Gasteiger partial charge in [0.1, 0.15) is 0 Å². The molecule has 0 aromatic rings. The van der Waals surface area contributed by atoms with Crippen molar-refractivity contribution in [3.63, 3.8) is 0 Å². The zero-order chi connectivity index (χ0) is 4.99. The smallest absolute Gasteiger partial charge is 0.285 e. The summed E-state index contributed by atoms with van der Waals surface area (Å²) in [5, 5.41) is 8.52. The molecule has 0 saturated carbocycles. The van der Waals surface area contributed by atoms with Gasteiger partial charge in [-0.15, -0.1) is 0 Å². The Morgan fingerprint density at radius 2 is 2.50 bits per heavy atom. The van der Waals surface area contributed by atoms with Crippen LogP contribution in [0.3, 0.4) is 0 Å². The summed E-state index contributed by atoms with van der Waals surface area (Å²) in [7, 11) is 0. The molecule has 1 amide bonds. The SMILES string of the molecule is CCN(O)[C]=O. The Morgan fingerprint density at radius 3 is 2.50 bits per heavy atom. The summed E-state index contributed by atoms with van der Waals surface area (Å²) in [4.78, 5) is 9.29. The highest BCUT2D eigenvalue weighted by Gasteiger charge is 1.84. The Balaban J connectivity index is 2.96. The molecule has 0 unspecified atom stereocenters. The molecule has 35 valence electrons. The predicted molar refractivity (Wildman–Crippen MR) is 19.9 cm³/mol. The lowest BCUT2D eigenvalue weighted by Gasteiger charge is -1.97. The van der Waals surface area contributed by atoms with Gasteiger partial charge in [0.15, 0.2) is 0 Å². The number of hydrogen-bond donors (Lipinski definition) is 1. The fourth-order valence-corrected chi connectivity index (χ4v) is 0.0645. The van der Waals surface area contributed by atoms with E-state index in [4.69, 9.17) is 5.21 Å². The lowest BCUT2D eigenvalue weighted by molar-refractivity contribution is -0.0116. The van der Waals surface area contributed by atoms with Crippen LogP contribution in [-0.2, 0) is 4.79 Å². The van der Waals surface area contributed by atoms with Crippen LogP contribution < -0.4 is 0 Å². The van der Waals surface area contributed by atoms with E-state index in [0.29, 0.717) is 11.6 Å². The number of hydrogen-bond acceptors (Lipinski definition) is 2. The summed E-state index contributed by atoms with van der Waals surface area (Å²) in [6, 6.07) is 0. The Kier molecular flexibility index (Phi) is 2.40. The summed E-state index contributed by atoms with van der Waals surface area (Å²) in [6.45, 7) is 1.94. The summed E-state index contributed by atoms with van der Waals surface area (Å²) >= 11 is 0. The van der Waals surface area contributed by atoms with Crippen LogP contribution in [-0.4, -0.2) is 23.2 Å². The molecule has 6 heavy (non-hydrogen) atoms. The number of hydroxylamine groups is 2. The minimum absolute atomic E-state index is 0.295. The molecular formula is C3H6NO2. The van der Waals surface area contributed by atoms with Crippen molar-refractivity contribution in [1.29, 1.82) is 0 Å². The first-order chi connectivity index (χ1) is 2.81. The van der Waals surface area contributed by atoms with E-state index >= 15 is 0 Å². The van der Waals surface area contributed by atoms with Crippen LogP contribution in [0.1, 0.15) is 6.92 Å². The van der Waals surface area contributed by atoms with Crippen molar-refractivity contribution in [2.45, 2.75) is 6.92 Å². The van der Waals surface area contributed by atoms with Gasteiger partial charge in [0.05, 0.1) is 0 Å². The maximum atomic E-state index is 9.29. The summed E-state index contributed by atoms with van der Waals surface area (Å²) in [5.74, 6) is 0. The number of rotatable bonds is 2. The lowest BCUT2D eigenvalue weighted by atomic mass is 10.8. The van der Waals surface area contributed by atoms with E-state index in [2.05, 4.69) is 0 Å². The van der Waals surface area contributed by atoms with Crippen molar-refractivity contribution in [3.8, 4) is 0 Å². The van der Waals surface area contributed by atoms with Gasteiger partial charge in [0, 0.05) is 6.54 Å². The van der Waals surface area contributed by atoms with Crippen LogP contribution in [0.4, 0.5) is 0 Å². The van der Waals surface area contributed by atoms with Crippen molar-refractivity contribution in [1.82, 2.24) is 5.06 Å². The molecule has 3 nitrogen and oxygen atoms in total. The van der Waals surface area contributed by atoms with Crippen molar-refractivity contribution >= 4 is 6.41 Å². The van der Waals surface area contributed by atoms with Gasteiger partial charge in [-0.05, 0) is 6.92 Å². The zero-order valence-electron chi connectivity index (χ0n) is 3.51. The second-order valence-corrected chi connectivity index (χ2v) is 0.807. The van der Waals surface area contributed by atoms with Gasteiger partial charge in [0.25, 0.3) is 0 Å². The van der Waals surface area contributed by atoms with Crippen LogP contribution >= 0.6 is 0 Å². The van der Waals surface area contributed by atoms with Crippen LogP contribution in [0.15, 0.2) is 0 Å². The fourth-order valence-electron chi connectivity index (χ4n) is 0.0645. The Bertz CT molecular complexity index is 46.1. The van der Waals surface area contributed by atoms with E-state index in [1.165, 1.54) is 6.41 Å². The van der Waals surface area contributed by atoms with Crippen LogP contribution in [0.2, 0.25) is 0 Å². The van der Waals surface area contributed by atoms with E-state index in [-0.39, 0.29) is 0 Å². The average molecular weight is 88.1 g/mol. The van der Waals surface area contributed by atoms with Crippen LogP contribution in [0, 0.1) is 0 Å². The van der Waals surface area contributed by atoms with Gasteiger partial charge in [0.2, 0.25) is 0 Å². The molecule has 0 atom stereocenters. The minimum Gasteiger partial charge on any atom is -0.285 e. The second-order valence-electron chi connectivity index (χ2n) is 0.807. The number of amides is 1. The van der Waals surface area contributed by atoms with Gasteiger partial charge < -0.3 is 0 Å². The van der Waals surface area contributed by atoms with Crippen molar-refractivity contribution in [2.24, 2.45) is 0 Å². The third kappa shape index (κ3) is 1.72. The highest BCUT2D eigenvalue weighted by atomic mass is 16.5. The maximum Gasteiger partial charge on any atom is 0.337 e. The van der Waals surface area contributed by atoms with E-state index in [1.807, 2.05) is 0 Å². The number of nitrogens with zero attached hydrogens (tertiary/aromatic N) is 1. The molecule has 0 spiro atoms. The molecule has 0 aromatic heterocycles. The minimum atomic E-state index is 0.295. The normalized spacial score (nSPS) is 7.67. The molecule has 0 saturated heterocycles. The Hall–Kier alpha value is -0.570. The topological polar surface area (TPSA) is 40.5 Å². The van der Waals surface area contributed by atoms with E-state index in [9.17, 15) is 4.79 Å². The third-order valence-corrected chi connectivity index (χ3v) is 0.405. The molecule has 0 aliphatic rings. The van der Waals surface area contributed by atoms with Crippen molar-refractivity contribution in [2.75, 3.05) is 6.54 Å². The Morgan fingerprint density at radius 1 is 2.00 bits per heavy atom. The lowest BCUT2D eigenvalue weighted by Crippen LogP contribution is -2.14. The van der Waals surface area contributed by atoms with Gasteiger partial charge in [-0.25, -0.2) is 5.06 Å². The fraction of sp³-hybridized carbons (Fsp3) is 0.667. The van der Waals surface area contributed by atoms with Gasteiger partial charge >= 0.3 is 6.41 Å². The summed E-state index contributed by atoms with van der Waals surface area (Å²) in [6.07, 6.45) is 1.25. The Labute approximate surface area is 36.1 Å². The molecule has 1 radical (unpaired) electrons. The molecule has 0 aliphatic carbocycles. The van der Waals surface area contributed by atoms with E-state index in [0.717, 1.165) is 0 Å². The highest BCUT2D eigenvalue weighted by Crippen LogP contribution is 1.65. The molecular weight excluding hydrogens is 82.0 g/mol. The molecule has 0 fully saturated rings. The molecule has 3 heteroatoms. The van der Waals surface area contributed by atoms with Crippen molar-refractivity contribution < 1.29 is 10.0 Å². The third-order valence-electron chi connectivity index (χ3n) is 0.405. The zero-order valence-corrected chi connectivity index (χ0v) is 3.51. The summed E-state index contributed by atoms with van der Waals surface area (Å²) in [5.41, 5.74) is 0. The monoisotopic (exact) mass is 88.0 g/mol. The summed E-state index contributed by atoms with van der Waals surface area (Å²) < 4.78 is 0. The molecule has 0 rings (SSSR count). The molecule has 0 bridgehead atoms. The number of carbonyl (C=O) groups excluding carboxylic acids is 1. The second kappa shape index (κ2) is 2.66. The quantitative estimate of drug-likeness (QED) is 0.287. The molecule has 0 aliphatic heterocycles. The van der Waals surface area contributed by atoms with Crippen LogP contribution in [0.5, 0.6) is 0 Å². The first kappa shape index (κ1) is 5.43. The molecule has 0 aromatic carbocycles.